The average Bonchev–Trinajstić information content (AvgIpc) is 2.33. The van der Waals surface area contributed by atoms with Gasteiger partial charge in [0.25, 0.3) is 5.69 Å². The fourth-order valence-corrected chi connectivity index (χ4v) is 2.59. The molecule has 2 N–H and O–H groups in total. The Kier molecular flexibility index (Phi) is 4.75. The quantitative estimate of drug-likeness (QED) is 0.609. The molecular weight excluding hydrogens is 266 g/mol. The summed E-state index contributed by atoms with van der Waals surface area (Å²) < 4.78 is 0. The number of hydrogen-bond acceptors (Lipinski definition) is 5. The van der Waals surface area contributed by atoms with Gasteiger partial charge in [-0.3, -0.25) is 14.9 Å². The fourth-order valence-electron chi connectivity index (χ4n) is 1.65. The molecule has 1 aliphatic rings. The number of thioether (sulfide) groups is 1. The van der Waals surface area contributed by atoms with E-state index in [0.29, 0.717) is 17.4 Å². The first-order valence-electron chi connectivity index (χ1n) is 5.98. The molecule has 19 heavy (non-hydrogen) atoms. The van der Waals surface area contributed by atoms with E-state index in [9.17, 15) is 14.9 Å². The van der Waals surface area contributed by atoms with Crippen LogP contribution < -0.4 is 10.6 Å². The Morgan fingerprint density at radius 2 is 2.11 bits per heavy atom. The van der Waals surface area contributed by atoms with Gasteiger partial charge < -0.3 is 10.6 Å². The van der Waals surface area contributed by atoms with Gasteiger partial charge in [-0.05, 0) is 36.9 Å². The first kappa shape index (κ1) is 13.8. The van der Waals surface area contributed by atoms with E-state index in [1.807, 2.05) is 0 Å². The van der Waals surface area contributed by atoms with Crippen molar-refractivity contribution < 1.29 is 9.72 Å². The van der Waals surface area contributed by atoms with Crippen LogP contribution in [0.3, 0.4) is 0 Å². The topological polar surface area (TPSA) is 84.3 Å². The predicted molar refractivity (Wildman–Crippen MR) is 75.4 cm³/mol. The molecule has 1 aromatic rings. The Balaban J connectivity index is 1.73. The molecule has 0 bridgehead atoms. The van der Waals surface area contributed by atoms with Crippen molar-refractivity contribution in [2.75, 3.05) is 29.9 Å². The molecule has 102 valence electrons. The molecule has 0 spiro atoms. The Bertz CT molecular complexity index is 460. The van der Waals surface area contributed by atoms with E-state index in [4.69, 9.17) is 0 Å². The van der Waals surface area contributed by atoms with Crippen LogP contribution in [0.25, 0.3) is 0 Å². The van der Waals surface area contributed by atoms with Gasteiger partial charge >= 0.3 is 0 Å². The highest BCUT2D eigenvalue weighted by molar-refractivity contribution is 7.99. The fraction of sp³-hybridized carbons (Fsp3) is 0.417. The average molecular weight is 281 g/mol. The first-order valence-corrected chi connectivity index (χ1v) is 7.13. The van der Waals surface area contributed by atoms with Crippen molar-refractivity contribution in [2.45, 2.75) is 0 Å². The molecule has 1 saturated heterocycles. The number of nitro benzene ring substituents is 1. The molecule has 7 heteroatoms. The molecule has 1 fully saturated rings. The third kappa shape index (κ3) is 4.22. The van der Waals surface area contributed by atoms with Crippen LogP contribution in [0, 0.1) is 16.0 Å². The number of hydrogen-bond donors (Lipinski definition) is 2. The van der Waals surface area contributed by atoms with Crippen molar-refractivity contribution >= 4 is 29.0 Å². The number of nitro groups is 1. The Labute approximate surface area is 115 Å². The van der Waals surface area contributed by atoms with Gasteiger partial charge in [-0.2, -0.15) is 11.8 Å². The lowest BCUT2D eigenvalue weighted by Crippen LogP contribution is -2.43. The summed E-state index contributed by atoms with van der Waals surface area (Å²) in [6.45, 7) is 2.08. The maximum absolute atomic E-state index is 11.6. The molecule has 0 unspecified atom stereocenters. The van der Waals surface area contributed by atoms with E-state index in [1.54, 1.807) is 11.8 Å². The minimum Gasteiger partial charge on any atom is -0.325 e. The summed E-state index contributed by atoms with van der Waals surface area (Å²) in [7, 11) is 0. The number of non-ortho nitro benzene ring substituents is 1. The van der Waals surface area contributed by atoms with Gasteiger partial charge in [0.1, 0.15) is 0 Å². The Hall–Kier alpha value is -1.60. The zero-order chi connectivity index (χ0) is 13.7. The number of nitrogens with zero attached hydrogens (tertiary/aromatic N) is 1. The Morgan fingerprint density at radius 3 is 2.63 bits per heavy atom. The number of carbonyl (C=O) groups is 1. The number of rotatable bonds is 6. The number of nitrogens with one attached hydrogen (secondary N) is 2. The van der Waals surface area contributed by atoms with E-state index in [1.165, 1.54) is 24.3 Å². The third-order valence-electron chi connectivity index (χ3n) is 2.81. The Morgan fingerprint density at radius 1 is 1.42 bits per heavy atom. The second-order valence-corrected chi connectivity index (χ2v) is 5.42. The largest absolute Gasteiger partial charge is 0.325 e. The summed E-state index contributed by atoms with van der Waals surface area (Å²) in [6, 6.07) is 5.83. The highest BCUT2D eigenvalue weighted by atomic mass is 32.2. The molecule has 0 aliphatic carbocycles. The van der Waals surface area contributed by atoms with Gasteiger partial charge in [0.2, 0.25) is 5.91 Å². The monoisotopic (exact) mass is 281 g/mol. The second kappa shape index (κ2) is 6.53. The van der Waals surface area contributed by atoms with Crippen LogP contribution in [0.15, 0.2) is 24.3 Å². The van der Waals surface area contributed by atoms with Crippen LogP contribution in [-0.4, -0.2) is 35.4 Å². The molecule has 6 nitrogen and oxygen atoms in total. The lowest BCUT2D eigenvalue weighted by atomic mass is 10.1. The predicted octanol–water partition coefficient (Wildman–Crippen LogP) is 1.49. The maximum atomic E-state index is 11.6. The number of carbonyl (C=O) groups excluding carboxylic acids is 1. The summed E-state index contributed by atoms with van der Waals surface area (Å²) in [5.41, 5.74) is 0.603. The van der Waals surface area contributed by atoms with E-state index >= 15 is 0 Å². The molecule has 2 rings (SSSR count). The maximum Gasteiger partial charge on any atom is 0.269 e. The lowest BCUT2D eigenvalue weighted by Gasteiger charge is -2.26. The van der Waals surface area contributed by atoms with Gasteiger partial charge in [0.15, 0.2) is 0 Å². The second-order valence-electron chi connectivity index (χ2n) is 4.39. The van der Waals surface area contributed by atoms with E-state index in [-0.39, 0.29) is 11.6 Å². The SMILES string of the molecule is O=C(CSCC1CNC1)Nc1ccc([N+](=O)[O-])cc1. The van der Waals surface area contributed by atoms with Gasteiger partial charge in [-0.1, -0.05) is 0 Å². The standard InChI is InChI=1S/C12H15N3O3S/c16-12(8-19-7-9-5-13-6-9)14-10-1-3-11(4-2-10)15(17)18/h1-4,9,13H,5-8H2,(H,14,16). The van der Waals surface area contributed by atoms with Crippen LogP contribution in [0.5, 0.6) is 0 Å². The van der Waals surface area contributed by atoms with E-state index in [0.717, 1.165) is 18.8 Å². The minimum absolute atomic E-state index is 0.0184. The van der Waals surface area contributed by atoms with Crippen molar-refractivity contribution in [3.05, 3.63) is 34.4 Å². The van der Waals surface area contributed by atoms with Crippen LogP contribution in [0.4, 0.5) is 11.4 Å². The lowest BCUT2D eigenvalue weighted by molar-refractivity contribution is -0.384. The molecule has 1 heterocycles. The number of amides is 1. The molecule has 1 aliphatic heterocycles. The summed E-state index contributed by atoms with van der Waals surface area (Å²) in [5, 5.41) is 16.4. The molecular formula is C12H15N3O3S. The molecule has 1 aromatic carbocycles. The van der Waals surface area contributed by atoms with Crippen LogP contribution in [0.1, 0.15) is 0 Å². The molecule has 0 aromatic heterocycles. The van der Waals surface area contributed by atoms with Crippen LogP contribution in [-0.2, 0) is 4.79 Å². The van der Waals surface area contributed by atoms with Gasteiger partial charge in [-0.15, -0.1) is 0 Å². The minimum atomic E-state index is -0.464. The number of benzene rings is 1. The summed E-state index contributed by atoms with van der Waals surface area (Å²) in [4.78, 5) is 21.7. The first-order chi connectivity index (χ1) is 9.15. The number of anilines is 1. The van der Waals surface area contributed by atoms with Crippen LogP contribution in [0.2, 0.25) is 0 Å². The van der Waals surface area contributed by atoms with Crippen LogP contribution >= 0.6 is 11.8 Å². The zero-order valence-corrected chi connectivity index (χ0v) is 11.1. The molecule has 0 radical (unpaired) electrons. The third-order valence-corrected chi connectivity index (χ3v) is 3.99. The van der Waals surface area contributed by atoms with Crippen molar-refractivity contribution in [2.24, 2.45) is 5.92 Å². The van der Waals surface area contributed by atoms with Crippen molar-refractivity contribution in [3.8, 4) is 0 Å². The summed E-state index contributed by atoms with van der Waals surface area (Å²) in [6.07, 6.45) is 0. The summed E-state index contributed by atoms with van der Waals surface area (Å²) >= 11 is 1.61. The van der Waals surface area contributed by atoms with Gasteiger partial charge in [-0.25, -0.2) is 0 Å². The summed E-state index contributed by atoms with van der Waals surface area (Å²) in [5.74, 6) is 2.00. The van der Waals surface area contributed by atoms with Crippen molar-refractivity contribution in [1.29, 1.82) is 0 Å². The van der Waals surface area contributed by atoms with Gasteiger partial charge in [0, 0.05) is 17.8 Å². The molecule has 0 atom stereocenters. The van der Waals surface area contributed by atoms with Gasteiger partial charge in [0.05, 0.1) is 10.7 Å². The highest BCUT2D eigenvalue weighted by Gasteiger charge is 2.16. The smallest absolute Gasteiger partial charge is 0.269 e. The normalized spacial score (nSPS) is 14.7. The zero-order valence-electron chi connectivity index (χ0n) is 10.3. The molecule has 0 saturated carbocycles. The highest BCUT2D eigenvalue weighted by Crippen LogP contribution is 2.16. The van der Waals surface area contributed by atoms with Crippen molar-refractivity contribution in [3.63, 3.8) is 0 Å². The molecule has 1 amide bonds. The van der Waals surface area contributed by atoms with E-state index < -0.39 is 4.92 Å². The van der Waals surface area contributed by atoms with E-state index in [2.05, 4.69) is 10.6 Å². The van der Waals surface area contributed by atoms with Crippen molar-refractivity contribution in [1.82, 2.24) is 5.32 Å².